The van der Waals surface area contributed by atoms with Gasteiger partial charge in [-0.15, -0.1) is 0 Å². The van der Waals surface area contributed by atoms with Crippen molar-refractivity contribution in [2.45, 2.75) is 13.0 Å². The largest absolute Gasteiger partial charge is 0.507 e. The molecule has 10 heteroatoms. The average molecular weight is 504 g/mol. The van der Waals surface area contributed by atoms with Crippen molar-refractivity contribution in [1.29, 1.82) is 0 Å². The molecule has 0 radical (unpaired) electrons. The van der Waals surface area contributed by atoms with E-state index in [0.29, 0.717) is 17.0 Å². The molecule has 1 atom stereocenters. The second-order valence-corrected chi connectivity index (χ2v) is 8.22. The maximum Gasteiger partial charge on any atom is 0.300 e. The topological polar surface area (TPSA) is 128 Å². The van der Waals surface area contributed by atoms with Gasteiger partial charge in [0.2, 0.25) is 5.75 Å². The van der Waals surface area contributed by atoms with E-state index in [0.717, 1.165) is 11.6 Å². The van der Waals surface area contributed by atoms with Crippen LogP contribution in [0.3, 0.4) is 0 Å². The lowest BCUT2D eigenvalue weighted by atomic mass is 9.94. The highest BCUT2D eigenvalue weighted by Gasteiger charge is 2.48. The van der Waals surface area contributed by atoms with Crippen molar-refractivity contribution >= 4 is 28.8 Å². The number of aliphatic hydroxyl groups excluding tert-OH is 1. The molecule has 0 bridgehead atoms. The van der Waals surface area contributed by atoms with Gasteiger partial charge in [-0.1, -0.05) is 30.3 Å². The lowest BCUT2D eigenvalue weighted by Gasteiger charge is -2.27. The number of aliphatic hydroxyl groups is 1. The van der Waals surface area contributed by atoms with Crippen LogP contribution in [0.2, 0.25) is 0 Å². The van der Waals surface area contributed by atoms with E-state index in [9.17, 15) is 24.8 Å². The van der Waals surface area contributed by atoms with Gasteiger partial charge in [-0.2, -0.15) is 0 Å². The van der Waals surface area contributed by atoms with Crippen molar-refractivity contribution in [3.63, 3.8) is 0 Å². The number of anilines is 1. The summed E-state index contributed by atoms with van der Waals surface area (Å²) < 4.78 is 16.4. The number of carbonyl (C=O) groups excluding carboxylic acids is 2. The summed E-state index contributed by atoms with van der Waals surface area (Å²) in [6.45, 7) is 1.79. The molecule has 0 aromatic heterocycles. The predicted octanol–water partition coefficient (Wildman–Crippen LogP) is 4.56. The molecule has 1 fully saturated rings. The number of benzene rings is 3. The number of aryl methyl sites for hydroxylation is 1. The summed E-state index contributed by atoms with van der Waals surface area (Å²) >= 11 is 0. The molecule has 1 heterocycles. The molecule has 0 saturated carbocycles. The number of nitrogens with zero attached hydrogens (tertiary/aromatic N) is 2. The molecule has 1 aliphatic rings. The molecule has 0 aliphatic carbocycles. The van der Waals surface area contributed by atoms with Gasteiger partial charge in [0.15, 0.2) is 11.5 Å². The smallest absolute Gasteiger partial charge is 0.300 e. The number of non-ortho nitro benzene ring substituents is 1. The fourth-order valence-corrected chi connectivity index (χ4v) is 4.41. The third kappa shape index (κ3) is 4.33. The van der Waals surface area contributed by atoms with Crippen LogP contribution in [0, 0.1) is 17.0 Å². The van der Waals surface area contributed by atoms with Gasteiger partial charge >= 0.3 is 0 Å². The monoisotopic (exact) mass is 504 g/mol. The van der Waals surface area contributed by atoms with Crippen molar-refractivity contribution < 1.29 is 33.8 Å². The highest BCUT2D eigenvalue weighted by molar-refractivity contribution is 6.51. The molecule has 10 nitrogen and oxygen atoms in total. The van der Waals surface area contributed by atoms with E-state index in [-0.39, 0.29) is 28.3 Å². The van der Waals surface area contributed by atoms with Crippen LogP contribution in [0.25, 0.3) is 5.76 Å². The fraction of sp³-hybridized carbons (Fsp3) is 0.185. The van der Waals surface area contributed by atoms with Gasteiger partial charge in [-0.25, -0.2) is 0 Å². The number of nitro groups is 1. The number of ether oxygens (including phenoxy) is 3. The van der Waals surface area contributed by atoms with E-state index in [1.807, 2.05) is 0 Å². The molecule has 3 aromatic rings. The van der Waals surface area contributed by atoms with Gasteiger partial charge in [0.1, 0.15) is 5.76 Å². The highest BCUT2D eigenvalue weighted by Crippen LogP contribution is 2.47. The van der Waals surface area contributed by atoms with Gasteiger partial charge in [0.05, 0.1) is 37.9 Å². The van der Waals surface area contributed by atoms with Crippen LogP contribution in [0.5, 0.6) is 17.2 Å². The maximum absolute atomic E-state index is 13.4. The molecule has 3 aromatic carbocycles. The Kier molecular flexibility index (Phi) is 6.83. The molecule has 37 heavy (non-hydrogen) atoms. The number of rotatable bonds is 7. The molecule has 0 spiro atoms. The molecular weight excluding hydrogens is 480 g/mol. The van der Waals surface area contributed by atoms with Crippen LogP contribution in [0.15, 0.2) is 66.2 Å². The van der Waals surface area contributed by atoms with Gasteiger partial charge in [-0.05, 0) is 36.2 Å². The van der Waals surface area contributed by atoms with Gasteiger partial charge in [-0.3, -0.25) is 24.6 Å². The Morgan fingerprint density at radius 2 is 1.59 bits per heavy atom. The summed E-state index contributed by atoms with van der Waals surface area (Å²) in [5.41, 5.74) is 1.08. The Hall–Kier alpha value is -4.86. The SMILES string of the molecule is COc1cc(C2/C(=C(\O)c3cccc([N+](=O)[O-])c3)C(=O)C(=O)N2c2ccccc2C)cc(OC)c1OC. The minimum Gasteiger partial charge on any atom is -0.507 e. The van der Waals surface area contributed by atoms with E-state index in [1.165, 1.54) is 44.4 Å². The summed E-state index contributed by atoms with van der Waals surface area (Å²) in [4.78, 5) is 38.8. The van der Waals surface area contributed by atoms with Crippen molar-refractivity contribution in [1.82, 2.24) is 0 Å². The number of methoxy groups -OCH3 is 3. The summed E-state index contributed by atoms with van der Waals surface area (Å²) in [6.07, 6.45) is 0. The maximum atomic E-state index is 13.4. The van der Waals surface area contributed by atoms with Crippen molar-refractivity contribution in [2.75, 3.05) is 26.2 Å². The van der Waals surface area contributed by atoms with E-state index >= 15 is 0 Å². The molecule has 1 saturated heterocycles. The Bertz CT molecular complexity index is 1420. The lowest BCUT2D eigenvalue weighted by Crippen LogP contribution is -2.30. The summed E-state index contributed by atoms with van der Waals surface area (Å²) in [6, 6.07) is 14.3. The zero-order valence-electron chi connectivity index (χ0n) is 20.6. The third-order valence-corrected chi connectivity index (χ3v) is 6.15. The lowest BCUT2D eigenvalue weighted by molar-refractivity contribution is -0.384. The van der Waals surface area contributed by atoms with E-state index in [2.05, 4.69) is 0 Å². The second kappa shape index (κ2) is 10.0. The van der Waals surface area contributed by atoms with E-state index in [1.54, 1.807) is 43.3 Å². The van der Waals surface area contributed by atoms with Gasteiger partial charge < -0.3 is 19.3 Å². The van der Waals surface area contributed by atoms with Crippen LogP contribution in [-0.4, -0.2) is 43.0 Å². The first kappa shape index (κ1) is 25.2. The number of carbonyl (C=O) groups is 2. The Morgan fingerprint density at radius 1 is 0.946 bits per heavy atom. The Labute approximate surface area is 212 Å². The fourth-order valence-electron chi connectivity index (χ4n) is 4.41. The van der Waals surface area contributed by atoms with E-state index in [4.69, 9.17) is 14.2 Å². The standard InChI is InChI=1S/C27H24N2O8/c1-15-8-5-6-11-19(15)28-23(17-13-20(35-2)26(37-4)21(14-17)36-3)22(25(31)27(28)32)24(30)16-9-7-10-18(12-16)29(33)34/h5-14,23,30H,1-4H3/b24-22+. The van der Waals surface area contributed by atoms with Crippen molar-refractivity contribution in [2.24, 2.45) is 0 Å². The Balaban J connectivity index is 2.04. The van der Waals surface area contributed by atoms with Crippen molar-refractivity contribution in [3.8, 4) is 17.2 Å². The zero-order valence-corrected chi connectivity index (χ0v) is 20.6. The van der Waals surface area contributed by atoms with E-state index < -0.39 is 28.4 Å². The normalized spacial score (nSPS) is 16.5. The van der Waals surface area contributed by atoms with Crippen LogP contribution in [0.4, 0.5) is 11.4 Å². The first-order valence-corrected chi connectivity index (χ1v) is 11.1. The molecule has 1 N–H and O–H groups in total. The second-order valence-electron chi connectivity index (χ2n) is 8.22. The summed E-state index contributed by atoms with van der Waals surface area (Å²) in [5, 5.41) is 22.6. The number of hydrogen-bond donors (Lipinski definition) is 1. The average Bonchev–Trinajstić information content (AvgIpc) is 3.17. The number of Topliss-reactive ketones (excluding diaryl/α,β-unsaturated/α-hetero) is 1. The molecular formula is C27H24N2O8. The van der Waals surface area contributed by atoms with Crippen molar-refractivity contribution in [3.05, 3.63) is 93.0 Å². The number of nitro benzene ring substituents is 1. The molecule has 1 unspecified atom stereocenters. The summed E-state index contributed by atoms with van der Waals surface area (Å²) in [5.74, 6) is -1.48. The molecule has 1 amide bonds. The Morgan fingerprint density at radius 3 is 2.16 bits per heavy atom. The van der Waals surface area contributed by atoms with Gasteiger partial charge in [0, 0.05) is 23.4 Å². The minimum atomic E-state index is -1.10. The van der Waals surface area contributed by atoms with Crippen LogP contribution in [0.1, 0.15) is 22.7 Å². The van der Waals surface area contributed by atoms with Crippen LogP contribution >= 0.6 is 0 Å². The van der Waals surface area contributed by atoms with Gasteiger partial charge in [0.25, 0.3) is 17.4 Å². The first-order valence-electron chi connectivity index (χ1n) is 11.1. The molecule has 1 aliphatic heterocycles. The number of para-hydroxylation sites is 1. The highest BCUT2D eigenvalue weighted by atomic mass is 16.6. The molecule has 190 valence electrons. The predicted molar refractivity (Wildman–Crippen MR) is 135 cm³/mol. The zero-order chi connectivity index (χ0) is 26.9. The minimum absolute atomic E-state index is 0.0226. The first-order chi connectivity index (χ1) is 17.7. The number of ketones is 1. The summed E-state index contributed by atoms with van der Waals surface area (Å²) in [7, 11) is 4.31. The molecule has 4 rings (SSSR count). The van der Waals surface area contributed by atoms with Crippen LogP contribution in [-0.2, 0) is 9.59 Å². The number of amides is 1. The third-order valence-electron chi connectivity index (χ3n) is 6.15. The quantitative estimate of drug-likeness (QED) is 0.163. The van der Waals surface area contributed by atoms with Crippen LogP contribution < -0.4 is 19.1 Å². The number of hydrogen-bond acceptors (Lipinski definition) is 8.